The van der Waals surface area contributed by atoms with E-state index in [2.05, 4.69) is 47.5 Å². The molecule has 2 unspecified atom stereocenters. The molecule has 1 aromatic rings. The summed E-state index contributed by atoms with van der Waals surface area (Å²) < 4.78 is 0. The van der Waals surface area contributed by atoms with Crippen LogP contribution in [0.1, 0.15) is 44.6 Å². The fraction of sp³-hybridized carbons (Fsp3) is 0.667. The Morgan fingerprint density at radius 3 is 2.65 bits per heavy atom. The Morgan fingerprint density at radius 1 is 1.15 bits per heavy atom. The van der Waals surface area contributed by atoms with Crippen LogP contribution >= 0.6 is 0 Å². The molecule has 1 saturated heterocycles. The lowest BCUT2D eigenvalue weighted by Crippen LogP contribution is -2.51. The van der Waals surface area contributed by atoms with Crippen LogP contribution in [0.2, 0.25) is 0 Å². The number of likely N-dealkylation sites (tertiary alicyclic amines) is 1. The highest BCUT2D eigenvalue weighted by atomic mass is 15.2. The molecular weight excluding hydrogens is 244 g/mol. The van der Waals surface area contributed by atoms with Gasteiger partial charge >= 0.3 is 0 Å². The highest BCUT2D eigenvalue weighted by Crippen LogP contribution is 2.33. The Hall–Kier alpha value is -0.860. The summed E-state index contributed by atoms with van der Waals surface area (Å²) in [6, 6.07) is 12.2. The molecule has 0 radical (unpaired) electrons. The summed E-state index contributed by atoms with van der Waals surface area (Å²) in [4.78, 5) is 2.73. The normalized spacial score (nSPS) is 26.1. The van der Waals surface area contributed by atoms with E-state index in [0.29, 0.717) is 6.04 Å². The molecule has 0 aromatic heterocycles. The highest BCUT2D eigenvalue weighted by Gasteiger charge is 2.31. The fourth-order valence-electron chi connectivity index (χ4n) is 3.62. The van der Waals surface area contributed by atoms with Crippen LogP contribution < -0.4 is 5.32 Å². The number of piperidine rings is 1. The molecular formula is C18H28N2. The second kappa shape index (κ2) is 6.73. The van der Waals surface area contributed by atoms with Gasteiger partial charge in [-0.05, 0) is 50.6 Å². The standard InChI is InChI=1S/C18H28N2/c1-15(17-9-5-10-17)20-12-6-11-18(14-20)19-13-16-7-3-2-4-8-16/h2-4,7-8,15,17-19H,5-6,9-14H2,1H3. The summed E-state index contributed by atoms with van der Waals surface area (Å²) in [7, 11) is 0. The number of hydrogen-bond acceptors (Lipinski definition) is 2. The molecule has 0 bridgehead atoms. The maximum atomic E-state index is 3.76. The number of rotatable bonds is 5. The van der Waals surface area contributed by atoms with Gasteiger partial charge in [-0.15, -0.1) is 0 Å². The van der Waals surface area contributed by atoms with Crippen LogP contribution in [0, 0.1) is 5.92 Å². The second-order valence-corrected chi connectivity index (χ2v) is 6.63. The van der Waals surface area contributed by atoms with Crippen molar-refractivity contribution in [3.8, 4) is 0 Å². The Balaban J connectivity index is 1.47. The van der Waals surface area contributed by atoms with Crippen molar-refractivity contribution in [3.63, 3.8) is 0 Å². The summed E-state index contributed by atoms with van der Waals surface area (Å²) in [6.45, 7) is 6.01. The van der Waals surface area contributed by atoms with Crippen molar-refractivity contribution in [1.82, 2.24) is 10.2 Å². The summed E-state index contributed by atoms with van der Waals surface area (Å²) in [5.74, 6) is 0.975. The smallest absolute Gasteiger partial charge is 0.0208 e. The zero-order valence-electron chi connectivity index (χ0n) is 12.7. The van der Waals surface area contributed by atoms with Gasteiger partial charge in [0.25, 0.3) is 0 Å². The molecule has 2 atom stereocenters. The van der Waals surface area contributed by atoms with Crippen LogP contribution in [0.25, 0.3) is 0 Å². The van der Waals surface area contributed by atoms with Gasteiger partial charge in [0.1, 0.15) is 0 Å². The van der Waals surface area contributed by atoms with E-state index < -0.39 is 0 Å². The zero-order chi connectivity index (χ0) is 13.8. The van der Waals surface area contributed by atoms with E-state index >= 15 is 0 Å². The average molecular weight is 272 g/mol. The topological polar surface area (TPSA) is 15.3 Å². The van der Waals surface area contributed by atoms with Crippen LogP contribution in [0.5, 0.6) is 0 Å². The Kier molecular flexibility index (Phi) is 4.74. The molecule has 3 rings (SSSR count). The molecule has 20 heavy (non-hydrogen) atoms. The largest absolute Gasteiger partial charge is 0.309 e. The van der Waals surface area contributed by atoms with Gasteiger partial charge in [0.05, 0.1) is 0 Å². The molecule has 1 aliphatic carbocycles. The van der Waals surface area contributed by atoms with Gasteiger partial charge in [-0.2, -0.15) is 0 Å². The summed E-state index contributed by atoms with van der Waals surface area (Å²) in [6.07, 6.45) is 7.06. The van der Waals surface area contributed by atoms with E-state index in [1.165, 1.54) is 50.8 Å². The summed E-state index contributed by atoms with van der Waals surface area (Å²) >= 11 is 0. The molecule has 110 valence electrons. The minimum absolute atomic E-state index is 0.673. The quantitative estimate of drug-likeness (QED) is 0.883. The van der Waals surface area contributed by atoms with Gasteiger partial charge < -0.3 is 5.32 Å². The second-order valence-electron chi connectivity index (χ2n) is 6.63. The lowest BCUT2D eigenvalue weighted by Gasteiger charge is -2.43. The third-order valence-corrected chi connectivity index (χ3v) is 5.30. The number of nitrogens with one attached hydrogen (secondary N) is 1. The van der Waals surface area contributed by atoms with Crippen LogP contribution in [-0.4, -0.2) is 30.1 Å². The predicted octanol–water partition coefficient (Wildman–Crippen LogP) is 3.43. The van der Waals surface area contributed by atoms with E-state index in [1.54, 1.807) is 0 Å². The third-order valence-electron chi connectivity index (χ3n) is 5.30. The number of benzene rings is 1. The first-order valence-electron chi connectivity index (χ1n) is 8.34. The molecule has 1 saturated carbocycles. The van der Waals surface area contributed by atoms with Crippen molar-refractivity contribution in [2.75, 3.05) is 13.1 Å². The maximum absolute atomic E-state index is 3.76. The lowest BCUT2D eigenvalue weighted by molar-refractivity contribution is 0.0759. The van der Waals surface area contributed by atoms with Crippen LogP contribution in [0.15, 0.2) is 30.3 Å². The van der Waals surface area contributed by atoms with Gasteiger partial charge in [0.2, 0.25) is 0 Å². The summed E-state index contributed by atoms with van der Waals surface area (Å²) in [5.41, 5.74) is 1.40. The molecule has 2 heteroatoms. The fourth-order valence-corrected chi connectivity index (χ4v) is 3.62. The van der Waals surface area contributed by atoms with E-state index in [-0.39, 0.29) is 0 Å². The van der Waals surface area contributed by atoms with Crippen molar-refractivity contribution in [3.05, 3.63) is 35.9 Å². The third kappa shape index (κ3) is 3.42. The summed E-state index contributed by atoms with van der Waals surface area (Å²) in [5, 5.41) is 3.76. The number of nitrogens with zero attached hydrogens (tertiary/aromatic N) is 1. The Labute approximate surface area is 123 Å². The first kappa shape index (κ1) is 14.1. The number of hydrogen-bond donors (Lipinski definition) is 1. The van der Waals surface area contributed by atoms with Crippen molar-refractivity contribution in [1.29, 1.82) is 0 Å². The molecule has 2 nitrogen and oxygen atoms in total. The van der Waals surface area contributed by atoms with Gasteiger partial charge in [0, 0.05) is 25.2 Å². The van der Waals surface area contributed by atoms with Gasteiger partial charge in [-0.1, -0.05) is 36.8 Å². The minimum atomic E-state index is 0.673. The van der Waals surface area contributed by atoms with Crippen LogP contribution in [-0.2, 0) is 6.54 Å². The minimum Gasteiger partial charge on any atom is -0.309 e. The highest BCUT2D eigenvalue weighted by molar-refractivity contribution is 5.14. The van der Waals surface area contributed by atoms with E-state index in [9.17, 15) is 0 Å². The van der Waals surface area contributed by atoms with E-state index in [4.69, 9.17) is 0 Å². The van der Waals surface area contributed by atoms with E-state index in [1.807, 2.05) is 0 Å². The molecule has 0 spiro atoms. The molecule has 1 aromatic carbocycles. The zero-order valence-corrected chi connectivity index (χ0v) is 12.7. The Morgan fingerprint density at radius 2 is 1.95 bits per heavy atom. The lowest BCUT2D eigenvalue weighted by atomic mass is 9.79. The SMILES string of the molecule is CC(C1CCC1)N1CCCC(NCc2ccccc2)C1. The van der Waals surface area contributed by atoms with E-state index in [0.717, 1.165) is 18.5 Å². The molecule has 1 N–H and O–H groups in total. The molecule has 1 heterocycles. The first-order chi connectivity index (χ1) is 9.83. The average Bonchev–Trinajstić information content (AvgIpc) is 2.45. The van der Waals surface area contributed by atoms with Crippen LogP contribution in [0.4, 0.5) is 0 Å². The molecule has 0 amide bonds. The van der Waals surface area contributed by atoms with Crippen molar-refractivity contribution in [2.45, 2.75) is 57.7 Å². The van der Waals surface area contributed by atoms with Gasteiger partial charge in [-0.3, -0.25) is 4.90 Å². The Bertz CT molecular complexity index is 399. The van der Waals surface area contributed by atoms with Crippen molar-refractivity contribution in [2.24, 2.45) is 5.92 Å². The van der Waals surface area contributed by atoms with Crippen LogP contribution in [0.3, 0.4) is 0 Å². The maximum Gasteiger partial charge on any atom is 0.0208 e. The molecule has 2 fully saturated rings. The van der Waals surface area contributed by atoms with Gasteiger partial charge in [-0.25, -0.2) is 0 Å². The molecule has 2 aliphatic rings. The van der Waals surface area contributed by atoms with Gasteiger partial charge in [0.15, 0.2) is 0 Å². The van der Waals surface area contributed by atoms with Crippen molar-refractivity contribution >= 4 is 0 Å². The van der Waals surface area contributed by atoms with Crippen molar-refractivity contribution < 1.29 is 0 Å². The first-order valence-corrected chi connectivity index (χ1v) is 8.34. The monoisotopic (exact) mass is 272 g/mol. The predicted molar refractivity (Wildman–Crippen MR) is 84.7 cm³/mol. The molecule has 1 aliphatic heterocycles.